The first-order valence-corrected chi connectivity index (χ1v) is 33.3. The van der Waals surface area contributed by atoms with Gasteiger partial charge in [-0.3, -0.25) is 0 Å². The van der Waals surface area contributed by atoms with E-state index < -0.39 is 335 Å². The third kappa shape index (κ3) is 17.0. The zero-order valence-electron chi connectivity index (χ0n) is 55.0. The molecule has 0 aromatic heterocycles. The summed E-state index contributed by atoms with van der Waals surface area (Å²) in [6, 6.07) is 0. The Bertz CT molecular complexity index is 2450. The van der Waals surface area contributed by atoms with Crippen molar-refractivity contribution in [1.29, 1.82) is 0 Å². The standard InChI is InChI=1S/C59H102O41/c1-15-19(5)85-24(10-64)45(29(15)68)94-52-16(2)30(69)48(27(13-67)90-52)97-57-44(83)49(98-59-51(41(80)36(75)23(9-63)89-59)100-54-18(4)32(71)47(26(12-66)92-54)96-56-43(82)39(78)34(73)21(7-61)87-56)37(76)28(93-57)14-84-58-50(40(79)35(74)22(8-62)88-58)99-53-17(3)31(70)46(25(11-65)91-53)95-55-42(81)38(77)33(72)20(6-60)86-55/h15-83H,6-14H2,1-5H3. The molecule has 0 radical (unpaired) electrons. The molecule has 0 aliphatic carbocycles. The van der Waals surface area contributed by atoms with Gasteiger partial charge in [-0.1, -0.05) is 27.7 Å². The van der Waals surface area contributed by atoms with Crippen LogP contribution >= 0.6 is 0 Å². The Morgan fingerprint density at radius 2 is 0.460 bits per heavy atom. The molecule has 9 fully saturated rings. The Balaban J connectivity index is 0.986. The predicted molar refractivity (Wildman–Crippen MR) is 313 cm³/mol. The average molecular weight is 1470 g/mol. The molecule has 100 heavy (non-hydrogen) atoms. The molecule has 24 N–H and O–H groups in total. The Hall–Kier alpha value is -1.64. The van der Waals surface area contributed by atoms with Crippen molar-refractivity contribution in [3.63, 3.8) is 0 Å². The lowest BCUT2D eigenvalue weighted by atomic mass is 9.88. The van der Waals surface area contributed by atoms with Crippen LogP contribution < -0.4 is 0 Å². The topological polar surface area (TPSA) is 642 Å². The lowest BCUT2D eigenvalue weighted by Crippen LogP contribution is -2.68. The molecule has 0 spiro atoms. The smallest absolute Gasteiger partial charge is 0.187 e. The van der Waals surface area contributed by atoms with Crippen molar-refractivity contribution < 1.29 is 203 Å². The third-order valence-electron chi connectivity index (χ3n) is 20.5. The van der Waals surface area contributed by atoms with Crippen molar-refractivity contribution in [1.82, 2.24) is 0 Å². The summed E-state index contributed by atoms with van der Waals surface area (Å²) in [7, 11) is 0. The molecule has 9 heterocycles. The molecule has 0 aromatic carbocycles. The highest BCUT2D eigenvalue weighted by Gasteiger charge is 2.60. The van der Waals surface area contributed by atoms with E-state index in [-0.39, 0.29) is 0 Å². The molecule has 41 nitrogen and oxygen atoms in total. The maximum absolute atomic E-state index is 12.5. The number of hydrogen-bond donors (Lipinski definition) is 24. The van der Waals surface area contributed by atoms with Crippen LogP contribution in [0.3, 0.4) is 0 Å². The molecule has 45 unspecified atom stereocenters. The third-order valence-corrected chi connectivity index (χ3v) is 20.5. The summed E-state index contributed by atoms with van der Waals surface area (Å²) in [5, 5.41) is 263. The molecule has 9 rings (SSSR count). The SMILES string of the molecule is CC1OC(CO)C(OC2OC(CO)C(OC3OC(COC4OC(CO)C(O)C(O)C4OC4OC(CO)C(OC5OC(CO)C(O)C(O)C5O)C(O)C4C)C(O)C(OC4OC(CO)C(O)C(O)C4OC4OC(CO)C(OC5OC(CO)C(O)C(O)C5O)C(O)C4C)C3O)C(O)C2C)C(O)C1C. The molecule has 9 aliphatic heterocycles. The first-order chi connectivity index (χ1) is 47.4. The molecule has 0 amide bonds. The summed E-state index contributed by atoms with van der Waals surface area (Å²) >= 11 is 0. The largest absolute Gasteiger partial charge is 0.394 e. The molecule has 584 valence electrons. The van der Waals surface area contributed by atoms with Gasteiger partial charge in [-0.05, 0) is 6.92 Å². The van der Waals surface area contributed by atoms with Gasteiger partial charge in [0.25, 0.3) is 0 Å². The Kier molecular flexibility index (Phi) is 29.3. The summed E-state index contributed by atoms with van der Waals surface area (Å²) < 4.78 is 102. The van der Waals surface area contributed by atoms with Crippen molar-refractivity contribution in [2.75, 3.05) is 59.5 Å². The van der Waals surface area contributed by atoms with Gasteiger partial charge in [-0.15, -0.1) is 0 Å². The number of rotatable bonds is 25. The van der Waals surface area contributed by atoms with Gasteiger partial charge in [0.05, 0.1) is 90.0 Å². The van der Waals surface area contributed by atoms with E-state index in [1.807, 2.05) is 0 Å². The Labute approximate surface area is 571 Å². The van der Waals surface area contributed by atoms with Crippen molar-refractivity contribution in [3.05, 3.63) is 0 Å². The van der Waals surface area contributed by atoms with Crippen LogP contribution in [0, 0.1) is 23.7 Å². The van der Waals surface area contributed by atoms with E-state index in [4.69, 9.17) is 80.5 Å². The fraction of sp³-hybridized carbons (Fsp3) is 1.00. The summed E-state index contributed by atoms with van der Waals surface area (Å²) in [5.74, 6) is -4.27. The van der Waals surface area contributed by atoms with Crippen LogP contribution in [0.4, 0.5) is 0 Å². The normalized spacial score (nSPS) is 53.7. The van der Waals surface area contributed by atoms with E-state index in [2.05, 4.69) is 0 Å². The van der Waals surface area contributed by atoms with E-state index in [1.165, 1.54) is 20.8 Å². The van der Waals surface area contributed by atoms with Gasteiger partial charge >= 0.3 is 0 Å². The minimum Gasteiger partial charge on any atom is -0.394 e. The van der Waals surface area contributed by atoms with E-state index in [1.54, 1.807) is 13.8 Å². The van der Waals surface area contributed by atoms with Crippen LogP contribution in [-0.2, 0) is 80.5 Å². The average Bonchev–Trinajstić information content (AvgIpc) is 0.777. The first-order valence-electron chi connectivity index (χ1n) is 33.3. The molecular weight excluding hydrogens is 1360 g/mol. The highest BCUT2D eigenvalue weighted by molar-refractivity contribution is 5.02. The lowest BCUT2D eigenvalue weighted by molar-refractivity contribution is -0.402. The molecule has 0 aromatic rings. The lowest BCUT2D eigenvalue weighted by Gasteiger charge is -2.51. The highest BCUT2D eigenvalue weighted by Crippen LogP contribution is 2.42. The summed E-state index contributed by atoms with van der Waals surface area (Å²) in [6.45, 7) is -0.769. The van der Waals surface area contributed by atoms with Crippen LogP contribution in [0.25, 0.3) is 0 Å². The highest BCUT2D eigenvalue weighted by atomic mass is 16.8. The van der Waals surface area contributed by atoms with Crippen molar-refractivity contribution in [3.8, 4) is 0 Å². The molecular formula is C59H102O41. The molecule has 0 bridgehead atoms. The maximum atomic E-state index is 12.5. The quantitative estimate of drug-likeness (QED) is 0.0404. The summed E-state index contributed by atoms with van der Waals surface area (Å²) in [6.07, 6.45) is -72.7. The van der Waals surface area contributed by atoms with Crippen molar-refractivity contribution >= 4 is 0 Å². The summed E-state index contributed by atoms with van der Waals surface area (Å²) in [5.41, 5.74) is 0. The second kappa shape index (κ2) is 35.6. The second-order valence-electron chi connectivity index (χ2n) is 27.0. The van der Waals surface area contributed by atoms with Gasteiger partial charge in [0.15, 0.2) is 50.3 Å². The van der Waals surface area contributed by atoms with E-state index in [0.29, 0.717) is 0 Å². The summed E-state index contributed by atoms with van der Waals surface area (Å²) in [4.78, 5) is 0. The number of aliphatic hydroxyl groups is 24. The molecule has 9 aliphatic rings. The van der Waals surface area contributed by atoms with E-state index >= 15 is 0 Å². The second-order valence-corrected chi connectivity index (χ2v) is 27.0. The van der Waals surface area contributed by atoms with E-state index in [9.17, 15) is 123 Å². The maximum Gasteiger partial charge on any atom is 0.187 e. The van der Waals surface area contributed by atoms with Crippen LogP contribution in [0.15, 0.2) is 0 Å². The fourth-order valence-electron chi connectivity index (χ4n) is 13.8. The van der Waals surface area contributed by atoms with Gasteiger partial charge in [-0.25, -0.2) is 0 Å². The van der Waals surface area contributed by atoms with Gasteiger partial charge < -0.3 is 203 Å². The number of ether oxygens (including phenoxy) is 17. The van der Waals surface area contributed by atoms with Crippen LogP contribution in [0.2, 0.25) is 0 Å². The van der Waals surface area contributed by atoms with Crippen molar-refractivity contribution in [2.45, 2.75) is 286 Å². The fourth-order valence-corrected chi connectivity index (χ4v) is 13.8. The van der Waals surface area contributed by atoms with Gasteiger partial charge in [0.2, 0.25) is 0 Å². The zero-order valence-corrected chi connectivity index (χ0v) is 55.0. The van der Waals surface area contributed by atoms with Gasteiger partial charge in [-0.2, -0.15) is 0 Å². The van der Waals surface area contributed by atoms with E-state index in [0.717, 1.165) is 0 Å². The Morgan fingerprint density at radius 3 is 0.830 bits per heavy atom. The minimum atomic E-state index is -2.32. The molecule has 45 atom stereocenters. The zero-order chi connectivity index (χ0) is 73.4. The first kappa shape index (κ1) is 82.4. The van der Waals surface area contributed by atoms with Gasteiger partial charge in [0, 0.05) is 23.7 Å². The van der Waals surface area contributed by atoms with Crippen molar-refractivity contribution in [2.24, 2.45) is 23.7 Å². The number of aliphatic hydroxyl groups excluding tert-OH is 24. The molecule has 0 saturated carbocycles. The number of hydrogen-bond acceptors (Lipinski definition) is 41. The van der Waals surface area contributed by atoms with Crippen LogP contribution in [0.1, 0.15) is 34.6 Å². The van der Waals surface area contributed by atoms with Crippen LogP contribution in [0.5, 0.6) is 0 Å². The van der Waals surface area contributed by atoms with Crippen LogP contribution in [-0.4, -0.2) is 434 Å². The monoisotopic (exact) mass is 1470 g/mol. The predicted octanol–water partition coefficient (Wildman–Crippen LogP) is -14.5. The minimum absolute atomic E-state index is 0.522. The molecule has 9 saturated heterocycles. The molecule has 41 heteroatoms. The Morgan fingerprint density at radius 1 is 0.200 bits per heavy atom. The van der Waals surface area contributed by atoms with Gasteiger partial charge in [0.1, 0.15) is 171 Å².